The summed E-state index contributed by atoms with van der Waals surface area (Å²) in [5.74, 6) is 0.883. The van der Waals surface area contributed by atoms with Crippen molar-refractivity contribution < 1.29 is 4.79 Å². The number of hydrogen-bond donors (Lipinski definition) is 1. The van der Waals surface area contributed by atoms with Crippen LogP contribution in [0.15, 0.2) is 30.5 Å². The van der Waals surface area contributed by atoms with Gasteiger partial charge in [0.2, 0.25) is 5.95 Å². The Morgan fingerprint density at radius 3 is 2.75 bits per heavy atom. The molecule has 1 amide bonds. The number of anilines is 2. The van der Waals surface area contributed by atoms with Crippen LogP contribution in [0.1, 0.15) is 30.3 Å². The highest BCUT2D eigenvalue weighted by Crippen LogP contribution is 2.23. The molecule has 1 aliphatic rings. The Morgan fingerprint density at radius 2 is 2.04 bits per heavy atom. The van der Waals surface area contributed by atoms with Gasteiger partial charge in [-0.2, -0.15) is 0 Å². The van der Waals surface area contributed by atoms with Gasteiger partial charge in [-0.25, -0.2) is 9.97 Å². The molecule has 1 aliphatic heterocycles. The van der Waals surface area contributed by atoms with Crippen molar-refractivity contribution in [1.82, 2.24) is 9.97 Å². The molecule has 126 valence electrons. The van der Waals surface area contributed by atoms with E-state index in [1.54, 1.807) is 30.5 Å². The zero-order chi connectivity index (χ0) is 17.1. The fourth-order valence-electron chi connectivity index (χ4n) is 2.82. The van der Waals surface area contributed by atoms with E-state index in [0.717, 1.165) is 19.5 Å². The van der Waals surface area contributed by atoms with E-state index in [9.17, 15) is 4.79 Å². The van der Waals surface area contributed by atoms with E-state index >= 15 is 0 Å². The van der Waals surface area contributed by atoms with Crippen LogP contribution in [0.3, 0.4) is 0 Å². The Kier molecular flexibility index (Phi) is 5.21. The third kappa shape index (κ3) is 4.16. The standard InChI is InChI=1S/C17H18Cl2N4O/c1-11-3-2-6-23(10-11)17-20-5-4-15(22-17)16(24)21-14-8-12(18)7-13(19)9-14/h4-5,7-9,11H,2-3,6,10H2,1H3,(H,21,24). The fraction of sp³-hybridized carbons (Fsp3) is 0.353. The second-order valence-electron chi connectivity index (χ2n) is 6.05. The van der Waals surface area contributed by atoms with Gasteiger partial charge in [-0.15, -0.1) is 0 Å². The van der Waals surface area contributed by atoms with E-state index in [4.69, 9.17) is 23.2 Å². The van der Waals surface area contributed by atoms with Crippen molar-refractivity contribution in [2.45, 2.75) is 19.8 Å². The summed E-state index contributed by atoms with van der Waals surface area (Å²) in [5, 5.41) is 3.69. The zero-order valence-electron chi connectivity index (χ0n) is 13.3. The van der Waals surface area contributed by atoms with Crippen molar-refractivity contribution >= 4 is 40.7 Å². The van der Waals surface area contributed by atoms with Gasteiger partial charge in [-0.1, -0.05) is 30.1 Å². The number of amides is 1. The van der Waals surface area contributed by atoms with Crippen molar-refractivity contribution in [2.24, 2.45) is 5.92 Å². The van der Waals surface area contributed by atoms with Crippen LogP contribution >= 0.6 is 23.2 Å². The Hall–Kier alpha value is -1.85. The first kappa shape index (κ1) is 17.0. The minimum atomic E-state index is -0.318. The lowest BCUT2D eigenvalue weighted by Gasteiger charge is -2.30. The molecule has 1 unspecified atom stereocenters. The molecule has 7 heteroatoms. The maximum Gasteiger partial charge on any atom is 0.274 e. The van der Waals surface area contributed by atoms with Gasteiger partial charge >= 0.3 is 0 Å². The quantitative estimate of drug-likeness (QED) is 0.883. The normalized spacial score (nSPS) is 17.6. The third-order valence-electron chi connectivity index (χ3n) is 3.94. The van der Waals surface area contributed by atoms with Gasteiger partial charge in [0.1, 0.15) is 5.69 Å². The number of aromatic nitrogens is 2. The molecule has 24 heavy (non-hydrogen) atoms. The topological polar surface area (TPSA) is 58.1 Å². The summed E-state index contributed by atoms with van der Waals surface area (Å²) < 4.78 is 0. The number of nitrogens with one attached hydrogen (secondary N) is 1. The van der Waals surface area contributed by atoms with Gasteiger partial charge in [0.05, 0.1) is 0 Å². The number of hydrogen-bond acceptors (Lipinski definition) is 4. The van der Waals surface area contributed by atoms with Crippen molar-refractivity contribution in [2.75, 3.05) is 23.3 Å². The number of benzene rings is 1. The smallest absolute Gasteiger partial charge is 0.274 e. The van der Waals surface area contributed by atoms with Gasteiger partial charge < -0.3 is 10.2 Å². The summed E-state index contributed by atoms with van der Waals surface area (Å²) in [5.41, 5.74) is 0.846. The summed E-state index contributed by atoms with van der Waals surface area (Å²) in [4.78, 5) is 23.3. The van der Waals surface area contributed by atoms with Crippen LogP contribution in [0.25, 0.3) is 0 Å². The molecular weight excluding hydrogens is 347 g/mol. The van der Waals surface area contributed by atoms with Gasteiger partial charge in [0, 0.05) is 35.0 Å². The van der Waals surface area contributed by atoms with Crippen LogP contribution in [0, 0.1) is 5.92 Å². The van der Waals surface area contributed by atoms with Crippen molar-refractivity contribution in [3.63, 3.8) is 0 Å². The molecule has 1 atom stereocenters. The first-order valence-electron chi connectivity index (χ1n) is 7.87. The molecule has 1 aromatic heterocycles. The Balaban J connectivity index is 1.76. The average molecular weight is 365 g/mol. The minimum Gasteiger partial charge on any atom is -0.341 e. The molecule has 0 bridgehead atoms. The highest BCUT2D eigenvalue weighted by atomic mass is 35.5. The monoisotopic (exact) mass is 364 g/mol. The molecule has 0 saturated carbocycles. The van der Waals surface area contributed by atoms with Crippen LogP contribution in [0.4, 0.5) is 11.6 Å². The van der Waals surface area contributed by atoms with E-state index in [-0.39, 0.29) is 5.91 Å². The predicted molar refractivity (Wildman–Crippen MR) is 97.1 cm³/mol. The van der Waals surface area contributed by atoms with E-state index in [1.165, 1.54) is 6.42 Å². The molecule has 1 fully saturated rings. The van der Waals surface area contributed by atoms with Crippen molar-refractivity contribution in [3.05, 3.63) is 46.2 Å². The lowest BCUT2D eigenvalue weighted by Crippen LogP contribution is -2.35. The molecule has 5 nitrogen and oxygen atoms in total. The van der Waals surface area contributed by atoms with Crippen LogP contribution in [-0.4, -0.2) is 29.0 Å². The van der Waals surface area contributed by atoms with Crippen LogP contribution in [0.5, 0.6) is 0 Å². The zero-order valence-corrected chi connectivity index (χ0v) is 14.8. The number of piperidine rings is 1. The van der Waals surface area contributed by atoms with E-state index in [0.29, 0.717) is 33.3 Å². The SMILES string of the molecule is CC1CCCN(c2nccc(C(=O)Nc3cc(Cl)cc(Cl)c3)n2)C1. The second-order valence-corrected chi connectivity index (χ2v) is 6.92. The maximum absolute atomic E-state index is 12.4. The number of carbonyl (C=O) groups is 1. The van der Waals surface area contributed by atoms with Crippen LogP contribution in [0.2, 0.25) is 10.0 Å². The highest BCUT2D eigenvalue weighted by Gasteiger charge is 2.19. The number of carbonyl (C=O) groups excluding carboxylic acids is 1. The minimum absolute atomic E-state index is 0.314. The lowest BCUT2D eigenvalue weighted by molar-refractivity contribution is 0.102. The molecule has 1 N–H and O–H groups in total. The summed E-state index contributed by atoms with van der Waals surface area (Å²) >= 11 is 11.9. The summed E-state index contributed by atoms with van der Waals surface area (Å²) in [6.07, 6.45) is 3.94. The third-order valence-corrected chi connectivity index (χ3v) is 4.37. The molecule has 1 saturated heterocycles. The largest absolute Gasteiger partial charge is 0.341 e. The van der Waals surface area contributed by atoms with Crippen molar-refractivity contribution in [3.8, 4) is 0 Å². The van der Waals surface area contributed by atoms with Crippen LogP contribution in [-0.2, 0) is 0 Å². The Labute approximate surface area is 151 Å². The summed E-state index contributed by atoms with van der Waals surface area (Å²) in [6, 6.07) is 6.48. The fourth-order valence-corrected chi connectivity index (χ4v) is 3.35. The summed E-state index contributed by atoms with van der Waals surface area (Å²) in [7, 11) is 0. The van der Waals surface area contributed by atoms with Gasteiger partial charge in [-0.05, 0) is 43.0 Å². The second kappa shape index (κ2) is 7.36. The van der Waals surface area contributed by atoms with Gasteiger partial charge in [-0.3, -0.25) is 4.79 Å². The van der Waals surface area contributed by atoms with Gasteiger partial charge in [0.25, 0.3) is 5.91 Å². The lowest BCUT2D eigenvalue weighted by atomic mass is 10.0. The highest BCUT2D eigenvalue weighted by molar-refractivity contribution is 6.35. The first-order chi connectivity index (χ1) is 11.5. The van der Waals surface area contributed by atoms with E-state index in [2.05, 4.69) is 27.1 Å². The average Bonchev–Trinajstić information content (AvgIpc) is 2.54. The Bertz CT molecular complexity index is 733. The molecule has 0 radical (unpaired) electrons. The predicted octanol–water partition coefficient (Wildman–Crippen LogP) is 4.27. The molecular formula is C17H18Cl2N4O. The maximum atomic E-state index is 12.4. The van der Waals surface area contributed by atoms with Crippen molar-refractivity contribution in [1.29, 1.82) is 0 Å². The molecule has 2 aromatic rings. The first-order valence-corrected chi connectivity index (χ1v) is 8.62. The summed E-state index contributed by atoms with van der Waals surface area (Å²) in [6.45, 7) is 4.04. The van der Waals surface area contributed by atoms with E-state index in [1.807, 2.05) is 0 Å². The molecule has 0 spiro atoms. The molecule has 3 rings (SSSR count). The Morgan fingerprint density at radius 1 is 1.29 bits per heavy atom. The molecule has 2 heterocycles. The number of nitrogens with zero attached hydrogens (tertiary/aromatic N) is 3. The number of halogens is 2. The molecule has 1 aromatic carbocycles. The van der Waals surface area contributed by atoms with Crippen LogP contribution < -0.4 is 10.2 Å². The number of rotatable bonds is 3. The van der Waals surface area contributed by atoms with E-state index < -0.39 is 0 Å². The van der Waals surface area contributed by atoms with Gasteiger partial charge in [0.15, 0.2) is 0 Å². The molecule has 0 aliphatic carbocycles.